The maximum atomic E-state index is 13.7. The highest BCUT2D eigenvalue weighted by Gasteiger charge is 2.23. The Bertz CT molecular complexity index is 479. The smallest absolute Gasteiger partial charge is 0.335 e. The van der Waals surface area contributed by atoms with Gasteiger partial charge in [0.15, 0.2) is 0 Å². The van der Waals surface area contributed by atoms with Gasteiger partial charge >= 0.3 is 5.97 Å². The van der Waals surface area contributed by atoms with E-state index in [-0.39, 0.29) is 17.3 Å². The van der Waals surface area contributed by atoms with Crippen LogP contribution in [0.1, 0.15) is 30.1 Å². The van der Waals surface area contributed by atoms with E-state index in [0.717, 1.165) is 19.4 Å². The maximum Gasteiger partial charge on any atom is 0.335 e. The second kappa shape index (κ2) is 5.57. The van der Waals surface area contributed by atoms with Crippen LogP contribution in [0, 0.1) is 5.82 Å². The Labute approximate surface area is 112 Å². The molecule has 0 aromatic heterocycles. The summed E-state index contributed by atoms with van der Waals surface area (Å²) in [5.41, 5.74) is 0.381. The summed E-state index contributed by atoms with van der Waals surface area (Å²) < 4.78 is 13.7. The van der Waals surface area contributed by atoms with E-state index in [4.69, 9.17) is 5.11 Å². The maximum absolute atomic E-state index is 13.7. The van der Waals surface area contributed by atoms with E-state index in [1.165, 1.54) is 18.2 Å². The van der Waals surface area contributed by atoms with E-state index in [1.54, 1.807) is 0 Å². The predicted octanol–water partition coefficient (Wildman–Crippen LogP) is 2.42. The van der Waals surface area contributed by atoms with Gasteiger partial charge in [-0.1, -0.05) is 0 Å². The van der Waals surface area contributed by atoms with Gasteiger partial charge in [-0.15, -0.1) is 0 Å². The van der Waals surface area contributed by atoms with Gasteiger partial charge < -0.3 is 15.3 Å². The number of nitrogens with one attached hydrogen (secondary N) is 1. The lowest BCUT2D eigenvalue weighted by Crippen LogP contribution is -2.42. The Morgan fingerprint density at radius 1 is 1.53 bits per heavy atom. The van der Waals surface area contributed by atoms with Crippen LogP contribution in [0.2, 0.25) is 0 Å². The van der Waals surface area contributed by atoms with Crippen molar-refractivity contribution in [3.05, 3.63) is 29.6 Å². The fourth-order valence-electron chi connectivity index (χ4n) is 2.41. The molecule has 104 valence electrons. The molecule has 4 nitrogen and oxygen atoms in total. The SMILES string of the molecule is CC1CC(Nc2cc(C(=O)O)ccc2F)CCN1C. The molecule has 1 saturated heterocycles. The first kappa shape index (κ1) is 13.8. The van der Waals surface area contributed by atoms with Crippen molar-refractivity contribution in [2.75, 3.05) is 18.9 Å². The summed E-state index contributed by atoms with van der Waals surface area (Å²) in [6.45, 7) is 3.09. The molecular weight excluding hydrogens is 247 g/mol. The molecule has 1 fully saturated rings. The zero-order valence-corrected chi connectivity index (χ0v) is 11.2. The zero-order chi connectivity index (χ0) is 14.0. The monoisotopic (exact) mass is 266 g/mol. The molecule has 5 heteroatoms. The number of piperidine rings is 1. The summed E-state index contributed by atoms with van der Waals surface area (Å²) in [6, 6.07) is 4.46. The molecule has 0 radical (unpaired) electrons. The topological polar surface area (TPSA) is 52.6 Å². The molecule has 0 saturated carbocycles. The number of carboxylic acids is 1. The summed E-state index contributed by atoms with van der Waals surface area (Å²) in [6.07, 6.45) is 1.85. The molecule has 2 rings (SSSR count). The summed E-state index contributed by atoms with van der Waals surface area (Å²) in [5, 5.41) is 12.1. The average Bonchev–Trinajstić information content (AvgIpc) is 2.36. The van der Waals surface area contributed by atoms with Gasteiger partial charge in [0.25, 0.3) is 0 Å². The van der Waals surface area contributed by atoms with Crippen molar-refractivity contribution in [1.82, 2.24) is 4.90 Å². The highest BCUT2D eigenvalue weighted by Crippen LogP contribution is 2.22. The molecule has 2 N–H and O–H groups in total. The Morgan fingerprint density at radius 3 is 2.89 bits per heavy atom. The van der Waals surface area contributed by atoms with E-state index in [2.05, 4.69) is 24.2 Å². The van der Waals surface area contributed by atoms with Gasteiger partial charge in [0.2, 0.25) is 0 Å². The number of carbonyl (C=O) groups is 1. The molecule has 19 heavy (non-hydrogen) atoms. The van der Waals surface area contributed by atoms with Gasteiger partial charge in [0.05, 0.1) is 11.3 Å². The second-order valence-electron chi connectivity index (χ2n) is 5.20. The van der Waals surface area contributed by atoms with Crippen molar-refractivity contribution in [3.8, 4) is 0 Å². The van der Waals surface area contributed by atoms with Crippen LogP contribution < -0.4 is 5.32 Å². The van der Waals surface area contributed by atoms with Gasteiger partial charge in [-0.3, -0.25) is 0 Å². The number of aromatic carboxylic acids is 1. The van der Waals surface area contributed by atoms with Crippen molar-refractivity contribution in [2.45, 2.75) is 31.8 Å². The van der Waals surface area contributed by atoms with E-state index in [0.29, 0.717) is 6.04 Å². The molecule has 1 heterocycles. The van der Waals surface area contributed by atoms with Crippen LogP contribution in [0.5, 0.6) is 0 Å². The Balaban J connectivity index is 2.10. The van der Waals surface area contributed by atoms with Gasteiger partial charge in [-0.2, -0.15) is 0 Å². The molecular formula is C14H19FN2O2. The van der Waals surface area contributed by atoms with Crippen LogP contribution in [-0.2, 0) is 0 Å². The van der Waals surface area contributed by atoms with E-state index in [9.17, 15) is 9.18 Å². The highest BCUT2D eigenvalue weighted by atomic mass is 19.1. The number of likely N-dealkylation sites (tertiary alicyclic amines) is 1. The molecule has 1 aromatic carbocycles. The summed E-state index contributed by atoms with van der Waals surface area (Å²) in [7, 11) is 2.08. The van der Waals surface area contributed by atoms with Crippen LogP contribution in [0.25, 0.3) is 0 Å². The number of hydrogen-bond donors (Lipinski definition) is 2. The average molecular weight is 266 g/mol. The number of halogens is 1. The summed E-state index contributed by atoms with van der Waals surface area (Å²) >= 11 is 0. The number of anilines is 1. The zero-order valence-electron chi connectivity index (χ0n) is 11.2. The molecule has 0 spiro atoms. The number of rotatable bonds is 3. The third-order valence-electron chi connectivity index (χ3n) is 3.78. The predicted molar refractivity (Wildman–Crippen MR) is 72.1 cm³/mol. The van der Waals surface area contributed by atoms with Gasteiger partial charge in [0, 0.05) is 18.6 Å². The van der Waals surface area contributed by atoms with Crippen LogP contribution in [0.3, 0.4) is 0 Å². The Morgan fingerprint density at radius 2 is 2.26 bits per heavy atom. The number of carboxylic acid groups (broad SMARTS) is 1. The lowest BCUT2D eigenvalue weighted by atomic mass is 9.98. The number of nitrogens with zero attached hydrogens (tertiary/aromatic N) is 1. The van der Waals surface area contributed by atoms with Crippen molar-refractivity contribution >= 4 is 11.7 Å². The third kappa shape index (κ3) is 3.23. The highest BCUT2D eigenvalue weighted by molar-refractivity contribution is 5.88. The first-order valence-electron chi connectivity index (χ1n) is 6.47. The Kier molecular flexibility index (Phi) is 4.04. The third-order valence-corrected chi connectivity index (χ3v) is 3.78. The van der Waals surface area contributed by atoms with Crippen LogP contribution in [0.15, 0.2) is 18.2 Å². The number of benzene rings is 1. The van der Waals surface area contributed by atoms with E-state index in [1.807, 2.05) is 0 Å². The van der Waals surface area contributed by atoms with Crippen molar-refractivity contribution in [1.29, 1.82) is 0 Å². The van der Waals surface area contributed by atoms with E-state index < -0.39 is 11.8 Å². The first-order valence-corrected chi connectivity index (χ1v) is 6.47. The second-order valence-corrected chi connectivity index (χ2v) is 5.20. The standard InChI is InChI=1S/C14H19FN2O2/c1-9-7-11(5-6-17(9)2)16-13-8-10(14(18)19)3-4-12(13)15/h3-4,8-9,11,16H,5-7H2,1-2H3,(H,18,19). The van der Waals surface area contributed by atoms with Gasteiger partial charge in [-0.05, 0) is 45.0 Å². The molecule has 0 bridgehead atoms. The van der Waals surface area contributed by atoms with Crippen LogP contribution in [-0.4, -0.2) is 41.7 Å². The molecule has 1 aliphatic heterocycles. The fraction of sp³-hybridized carbons (Fsp3) is 0.500. The quantitative estimate of drug-likeness (QED) is 0.882. The molecule has 0 amide bonds. The Hall–Kier alpha value is -1.62. The molecule has 0 aliphatic carbocycles. The minimum atomic E-state index is -1.04. The molecule has 1 aromatic rings. The van der Waals surface area contributed by atoms with Crippen LogP contribution in [0.4, 0.5) is 10.1 Å². The van der Waals surface area contributed by atoms with Crippen LogP contribution >= 0.6 is 0 Å². The van der Waals surface area contributed by atoms with E-state index >= 15 is 0 Å². The van der Waals surface area contributed by atoms with Gasteiger partial charge in [-0.25, -0.2) is 9.18 Å². The summed E-state index contributed by atoms with van der Waals surface area (Å²) in [5.74, 6) is -1.45. The normalized spacial score (nSPS) is 24.2. The molecule has 2 atom stereocenters. The first-order chi connectivity index (χ1) is 8.97. The van der Waals surface area contributed by atoms with Crippen molar-refractivity contribution in [2.24, 2.45) is 0 Å². The largest absolute Gasteiger partial charge is 0.478 e. The fourth-order valence-corrected chi connectivity index (χ4v) is 2.41. The van der Waals surface area contributed by atoms with Crippen molar-refractivity contribution < 1.29 is 14.3 Å². The molecule has 2 unspecified atom stereocenters. The lowest BCUT2D eigenvalue weighted by Gasteiger charge is -2.35. The minimum Gasteiger partial charge on any atom is -0.478 e. The number of hydrogen-bond acceptors (Lipinski definition) is 3. The molecule has 1 aliphatic rings. The lowest BCUT2D eigenvalue weighted by molar-refractivity contribution is 0.0697. The minimum absolute atomic E-state index is 0.102. The van der Waals surface area contributed by atoms with Gasteiger partial charge in [0.1, 0.15) is 5.82 Å². The van der Waals surface area contributed by atoms with Crippen molar-refractivity contribution in [3.63, 3.8) is 0 Å². The summed E-state index contributed by atoms with van der Waals surface area (Å²) in [4.78, 5) is 13.2.